The number of benzene rings is 2. The highest BCUT2D eigenvalue weighted by molar-refractivity contribution is 5.94. The summed E-state index contributed by atoms with van der Waals surface area (Å²) in [6.45, 7) is 9.86. The fourth-order valence-corrected chi connectivity index (χ4v) is 4.13. The number of rotatable bonds is 4. The maximum Gasteiger partial charge on any atom is 0.254 e. The van der Waals surface area contributed by atoms with Crippen molar-refractivity contribution in [2.75, 3.05) is 13.1 Å². The van der Waals surface area contributed by atoms with E-state index in [1.54, 1.807) is 0 Å². The van der Waals surface area contributed by atoms with Gasteiger partial charge in [-0.1, -0.05) is 24.3 Å². The molecule has 2 aliphatic rings. The molecule has 5 nitrogen and oxygen atoms in total. The van der Waals surface area contributed by atoms with Crippen molar-refractivity contribution in [3.05, 3.63) is 59.2 Å². The van der Waals surface area contributed by atoms with Gasteiger partial charge in [0.05, 0.1) is 12.2 Å². The Labute approximate surface area is 172 Å². The van der Waals surface area contributed by atoms with Crippen LogP contribution < -0.4 is 9.47 Å². The molecule has 2 aromatic carbocycles. The third-order valence-corrected chi connectivity index (χ3v) is 5.36. The van der Waals surface area contributed by atoms with Crippen LogP contribution in [0, 0.1) is 0 Å². The van der Waals surface area contributed by atoms with E-state index in [2.05, 4.69) is 19.9 Å². The zero-order chi connectivity index (χ0) is 20.6. The molecule has 0 radical (unpaired) electrons. The Balaban J connectivity index is 1.40. The second kappa shape index (κ2) is 7.71. The molecule has 4 rings (SSSR count). The number of fused-ring (bicyclic) bond motifs is 1. The lowest BCUT2D eigenvalue weighted by Gasteiger charge is -2.35. The maximum atomic E-state index is 12.8. The monoisotopic (exact) mass is 395 g/mol. The van der Waals surface area contributed by atoms with Crippen LogP contribution in [0.5, 0.6) is 11.5 Å². The van der Waals surface area contributed by atoms with Crippen LogP contribution in [0.1, 0.15) is 49.2 Å². The van der Waals surface area contributed by atoms with Crippen LogP contribution in [-0.2, 0) is 17.8 Å². The quantitative estimate of drug-likeness (QED) is 0.777. The number of nitrogens with zero attached hydrogens (tertiary/aromatic N) is 1. The molecule has 0 saturated carbocycles. The predicted octanol–water partition coefficient (Wildman–Crippen LogP) is 4.23. The second-order valence-electron chi connectivity index (χ2n) is 8.74. The Bertz CT molecular complexity index is 880. The van der Waals surface area contributed by atoms with Crippen molar-refractivity contribution in [3.8, 4) is 11.5 Å². The first-order chi connectivity index (χ1) is 13.8. The van der Waals surface area contributed by atoms with Crippen molar-refractivity contribution in [3.63, 3.8) is 0 Å². The summed E-state index contributed by atoms with van der Waals surface area (Å²) in [5, 5.41) is 0. The lowest BCUT2D eigenvalue weighted by Crippen LogP contribution is -2.48. The maximum absolute atomic E-state index is 12.8. The summed E-state index contributed by atoms with van der Waals surface area (Å²) in [4.78, 5) is 14.7. The Morgan fingerprint density at radius 3 is 2.48 bits per heavy atom. The summed E-state index contributed by atoms with van der Waals surface area (Å²) in [7, 11) is 0. The van der Waals surface area contributed by atoms with Crippen LogP contribution in [0.2, 0.25) is 0 Å². The van der Waals surface area contributed by atoms with Crippen LogP contribution in [0.3, 0.4) is 0 Å². The van der Waals surface area contributed by atoms with Crippen LogP contribution in [0.4, 0.5) is 0 Å². The van der Waals surface area contributed by atoms with E-state index < -0.39 is 0 Å². The molecule has 0 aliphatic carbocycles. The molecule has 1 saturated heterocycles. The van der Waals surface area contributed by atoms with Crippen LogP contribution in [0.25, 0.3) is 0 Å². The molecule has 0 N–H and O–H groups in total. The lowest BCUT2D eigenvalue weighted by atomic mass is 10.0. The van der Waals surface area contributed by atoms with Crippen molar-refractivity contribution in [2.24, 2.45) is 0 Å². The van der Waals surface area contributed by atoms with E-state index in [4.69, 9.17) is 14.2 Å². The molecule has 1 fully saturated rings. The van der Waals surface area contributed by atoms with Gasteiger partial charge in [0.15, 0.2) is 11.5 Å². The third kappa shape index (κ3) is 4.40. The Kier molecular flexibility index (Phi) is 5.26. The molecule has 0 unspecified atom stereocenters. The van der Waals surface area contributed by atoms with Crippen LogP contribution in [0.15, 0.2) is 42.5 Å². The van der Waals surface area contributed by atoms with E-state index in [0.29, 0.717) is 25.3 Å². The van der Waals surface area contributed by atoms with Gasteiger partial charge in [-0.15, -0.1) is 0 Å². The van der Waals surface area contributed by atoms with Crippen molar-refractivity contribution >= 4 is 5.91 Å². The van der Waals surface area contributed by atoms with Gasteiger partial charge in [-0.3, -0.25) is 4.79 Å². The minimum absolute atomic E-state index is 0.0518. The number of carbonyl (C=O) groups is 1. The molecule has 2 aliphatic heterocycles. The number of ether oxygens (including phenoxy) is 3. The highest BCUT2D eigenvalue weighted by Crippen LogP contribution is 2.41. The average molecular weight is 395 g/mol. The Morgan fingerprint density at radius 2 is 1.79 bits per heavy atom. The van der Waals surface area contributed by atoms with Crippen molar-refractivity contribution in [2.45, 2.75) is 58.5 Å². The summed E-state index contributed by atoms with van der Waals surface area (Å²) >= 11 is 0. The minimum Gasteiger partial charge on any atom is -0.485 e. The molecule has 5 heteroatoms. The molecule has 0 spiro atoms. The molecular formula is C24H29NO4. The van der Waals surface area contributed by atoms with Gasteiger partial charge in [0, 0.05) is 30.6 Å². The molecule has 0 bridgehead atoms. The van der Waals surface area contributed by atoms with Crippen LogP contribution in [-0.4, -0.2) is 41.7 Å². The first kappa shape index (κ1) is 19.8. The Hall–Kier alpha value is -2.53. The minimum atomic E-state index is -0.196. The SMILES string of the molecule is C[C@@H]1CN(C(=O)c2ccc(COc3cccc4c3OC(C)(C)C4)cc2)C[C@H](C)O1. The van der Waals surface area contributed by atoms with Gasteiger partial charge in [-0.2, -0.15) is 0 Å². The Morgan fingerprint density at radius 1 is 1.10 bits per heavy atom. The highest BCUT2D eigenvalue weighted by Gasteiger charge is 2.32. The molecule has 2 heterocycles. The third-order valence-electron chi connectivity index (χ3n) is 5.36. The van der Waals surface area contributed by atoms with Gasteiger partial charge >= 0.3 is 0 Å². The van der Waals surface area contributed by atoms with E-state index in [1.807, 2.05) is 55.1 Å². The second-order valence-corrected chi connectivity index (χ2v) is 8.74. The zero-order valence-electron chi connectivity index (χ0n) is 17.6. The molecule has 0 aromatic heterocycles. The van der Waals surface area contributed by atoms with Crippen molar-refractivity contribution in [1.29, 1.82) is 0 Å². The fraction of sp³-hybridized carbons (Fsp3) is 0.458. The normalized spacial score (nSPS) is 22.7. The summed E-state index contributed by atoms with van der Waals surface area (Å²) < 4.78 is 17.8. The van der Waals surface area contributed by atoms with E-state index in [-0.39, 0.29) is 23.7 Å². The number of amides is 1. The molecule has 2 atom stereocenters. The fourth-order valence-electron chi connectivity index (χ4n) is 4.13. The smallest absolute Gasteiger partial charge is 0.254 e. The number of hydrogen-bond acceptors (Lipinski definition) is 4. The largest absolute Gasteiger partial charge is 0.485 e. The van der Waals surface area contributed by atoms with Gasteiger partial charge in [0.25, 0.3) is 5.91 Å². The van der Waals surface area contributed by atoms with Crippen molar-refractivity contribution < 1.29 is 19.0 Å². The summed E-state index contributed by atoms with van der Waals surface area (Å²) in [5.74, 6) is 1.67. The van der Waals surface area contributed by atoms with E-state index in [9.17, 15) is 4.79 Å². The molecule has 1 amide bonds. The van der Waals surface area contributed by atoms with E-state index in [0.717, 1.165) is 23.5 Å². The number of hydrogen-bond donors (Lipinski definition) is 0. The van der Waals surface area contributed by atoms with E-state index in [1.165, 1.54) is 5.56 Å². The number of para-hydroxylation sites is 1. The first-order valence-corrected chi connectivity index (χ1v) is 10.3. The molecule has 2 aromatic rings. The van der Waals surface area contributed by atoms with E-state index >= 15 is 0 Å². The zero-order valence-corrected chi connectivity index (χ0v) is 17.6. The number of carbonyl (C=O) groups excluding carboxylic acids is 1. The first-order valence-electron chi connectivity index (χ1n) is 10.3. The average Bonchev–Trinajstić information content (AvgIpc) is 3.00. The predicted molar refractivity (Wildman–Crippen MR) is 112 cm³/mol. The lowest BCUT2D eigenvalue weighted by molar-refractivity contribution is -0.0586. The highest BCUT2D eigenvalue weighted by atomic mass is 16.5. The summed E-state index contributed by atoms with van der Waals surface area (Å²) in [6, 6.07) is 13.7. The molecule has 154 valence electrons. The van der Waals surface area contributed by atoms with Gasteiger partial charge in [0.1, 0.15) is 12.2 Å². The summed E-state index contributed by atoms with van der Waals surface area (Å²) in [5.41, 5.74) is 2.70. The van der Waals surface area contributed by atoms with Crippen LogP contribution >= 0.6 is 0 Å². The standard InChI is InChI=1S/C24H29NO4/c1-16-13-25(14-17(2)28-16)23(26)19-10-8-18(9-11-19)15-27-21-7-5-6-20-12-24(3,4)29-22(20)21/h5-11,16-17H,12-15H2,1-4H3/t16-,17+. The topological polar surface area (TPSA) is 48.0 Å². The van der Waals surface area contributed by atoms with Gasteiger partial charge < -0.3 is 19.1 Å². The molecule has 29 heavy (non-hydrogen) atoms. The molecular weight excluding hydrogens is 366 g/mol. The summed E-state index contributed by atoms with van der Waals surface area (Å²) in [6.07, 6.45) is 1.01. The van der Waals surface area contributed by atoms with Gasteiger partial charge in [-0.05, 0) is 51.5 Å². The van der Waals surface area contributed by atoms with Crippen molar-refractivity contribution in [1.82, 2.24) is 4.90 Å². The van der Waals surface area contributed by atoms with Gasteiger partial charge in [0.2, 0.25) is 0 Å². The van der Waals surface area contributed by atoms with Gasteiger partial charge in [-0.25, -0.2) is 0 Å². The number of morpholine rings is 1.